The van der Waals surface area contributed by atoms with Gasteiger partial charge in [-0.1, -0.05) is 39.8 Å². The maximum atomic E-state index is 4.30. The van der Waals surface area contributed by atoms with E-state index in [1.165, 1.54) is 12.0 Å². The second kappa shape index (κ2) is 7.85. The molecule has 90 valence electrons. The van der Waals surface area contributed by atoms with Crippen LogP contribution in [0.2, 0.25) is 0 Å². The van der Waals surface area contributed by atoms with Gasteiger partial charge in [0, 0.05) is 18.8 Å². The summed E-state index contributed by atoms with van der Waals surface area (Å²) in [4.78, 5) is 4.27. The first-order valence-electron chi connectivity index (χ1n) is 5.79. The Hall–Kier alpha value is -1.38. The smallest absolute Gasteiger partial charge is 0.153 e. The Labute approximate surface area is 98.9 Å². The normalized spacial score (nSPS) is 10.1. The van der Waals surface area contributed by atoms with Gasteiger partial charge in [0.25, 0.3) is 0 Å². The fourth-order valence-electron chi connectivity index (χ4n) is 1.39. The van der Waals surface area contributed by atoms with E-state index in [1.807, 2.05) is 14.0 Å². The van der Waals surface area contributed by atoms with E-state index < -0.39 is 0 Å². The molecule has 1 rings (SSSR count). The zero-order valence-corrected chi connectivity index (χ0v) is 11.1. The Morgan fingerprint density at radius 1 is 1.38 bits per heavy atom. The Morgan fingerprint density at radius 2 is 1.94 bits per heavy atom. The van der Waals surface area contributed by atoms with Crippen molar-refractivity contribution in [3.05, 3.63) is 23.9 Å². The summed E-state index contributed by atoms with van der Waals surface area (Å²) in [6.45, 7) is 12.0. The highest BCUT2D eigenvalue weighted by atomic mass is 15.3. The molecule has 0 saturated carbocycles. The van der Waals surface area contributed by atoms with Crippen LogP contribution < -0.4 is 0 Å². The van der Waals surface area contributed by atoms with Crippen LogP contribution in [0.3, 0.4) is 0 Å². The van der Waals surface area contributed by atoms with Crippen molar-refractivity contribution in [3.63, 3.8) is 0 Å². The van der Waals surface area contributed by atoms with Crippen LogP contribution in [0.15, 0.2) is 17.6 Å². The van der Waals surface area contributed by atoms with Crippen LogP contribution in [-0.4, -0.2) is 16.0 Å². The van der Waals surface area contributed by atoms with E-state index in [4.69, 9.17) is 0 Å². The quantitative estimate of drug-likeness (QED) is 0.717. The summed E-state index contributed by atoms with van der Waals surface area (Å²) in [6.07, 6.45) is 5.57. The minimum absolute atomic E-state index is 0.930. The molecule has 0 aliphatic rings. The van der Waals surface area contributed by atoms with Crippen molar-refractivity contribution in [1.29, 1.82) is 0 Å². The number of aromatic nitrogens is 2. The molecule has 1 aromatic heterocycles. The van der Waals surface area contributed by atoms with Gasteiger partial charge in [-0.25, -0.2) is 4.99 Å². The van der Waals surface area contributed by atoms with E-state index in [0.717, 1.165) is 17.9 Å². The van der Waals surface area contributed by atoms with E-state index in [1.54, 1.807) is 17.0 Å². The Bertz CT molecular complexity index is 348. The molecular formula is C13H23N3. The van der Waals surface area contributed by atoms with Crippen LogP contribution in [0.5, 0.6) is 0 Å². The summed E-state index contributed by atoms with van der Waals surface area (Å²) in [7, 11) is 1.90. The molecule has 16 heavy (non-hydrogen) atoms. The molecule has 0 fully saturated rings. The summed E-state index contributed by atoms with van der Waals surface area (Å²) in [5.74, 6) is 0.930. The van der Waals surface area contributed by atoms with E-state index in [9.17, 15) is 0 Å². The van der Waals surface area contributed by atoms with E-state index >= 15 is 0 Å². The molecule has 0 amide bonds. The van der Waals surface area contributed by atoms with Crippen molar-refractivity contribution in [2.45, 2.75) is 40.5 Å². The van der Waals surface area contributed by atoms with Gasteiger partial charge in [-0.15, -0.1) is 0 Å². The molecular weight excluding hydrogens is 198 g/mol. The fourth-order valence-corrected chi connectivity index (χ4v) is 1.39. The molecule has 1 heterocycles. The largest absolute Gasteiger partial charge is 0.250 e. The van der Waals surface area contributed by atoms with Crippen molar-refractivity contribution in [2.24, 2.45) is 12.0 Å². The highest BCUT2D eigenvalue weighted by molar-refractivity contribution is 5.73. The first-order valence-corrected chi connectivity index (χ1v) is 5.79. The minimum Gasteiger partial charge on any atom is -0.250 e. The van der Waals surface area contributed by atoms with Crippen molar-refractivity contribution in [1.82, 2.24) is 9.78 Å². The lowest BCUT2D eigenvalue weighted by Gasteiger charge is -1.96. The van der Waals surface area contributed by atoms with Crippen molar-refractivity contribution < 1.29 is 0 Å². The average molecular weight is 221 g/mol. The highest BCUT2D eigenvalue weighted by Gasteiger charge is 2.08. The average Bonchev–Trinajstić information content (AvgIpc) is 2.51. The van der Waals surface area contributed by atoms with Gasteiger partial charge >= 0.3 is 0 Å². The lowest BCUT2D eigenvalue weighted by atomic mass is 10.2. The summed E-state index contributed by atoms with van der Waals surface area (Å²) in [5, 5.41) is 4.30. The summed E-state index contributed by atoms with van der Waals surface area (Å²) >= 11 is 0. The topological polar surface area (TPSA) is 30.2 Å². The third kappa shape index (κ3) is 4.01. The first-order chi connectivity index (χ1) is 7.62. The van der Waals surface area contributed by atoms with E-state index in [2.05, 4.69) is 37.4 Å². The number of allylic oxidation sites excluding steroid dienone is 1. The predicted molar refractivity (Wildman–Crippen MR) is 71.6 cm³/mol. The first kappa shape index (κ1) is 14.6. The van der Waals surface area contributed by atoms with Gasteiger partial charge < -0.3 is 0 Å². The van der Waals surface area contributed by atoms with Crippen LogP contribution in [0.1, 0.15) is 38.4 Å². The molecule has 0 spiro atoms. The zero-order chi connectivity index (χ0) is 12.6. The lowest BCUT2D eigenvalue weighted by molar-refractivity contribution is 0.759. The lowest BCUT2D eigenvalue weighted by Crippen LogP contribution is -1.89. The van der Waals surface area contributed by atoms with Gasteiger partial charge in [-0.05, 0) is 13.3 Å². The standard InChI is InChI=1S/C10H15N3.C3H8/c1-5-7-11-10-9(6-2)8(3)12-13(10)4;1-3-2/h5,7H,1,6H2,2-4H3;3H2,1-2H3/b11-7-;. The maximum absolute atomic E-state index is 4.30. The number of aryl methyl sites for hydroxylation is 2. The zero-order valence-electron chi connectivity index (χ0n) is 11.1. The summed E-state index contributed by atoms with van der Waals surface area (Å²) < 4.78 is 1.80. The third-order valence-electron chi connectivity index (χ3n) is 1.97. The second-order valence-electron chi connectivity index (χ2n) is 3.59. The number of nitrogens with zero attached hydrogens (tertiary/aromatic N) is 3. The van der Waals surface area contributed by atoms with Gasteiger partial charge in [-0.2, -0.15) is 5.10 Å². The van der Waals surface area contributed by atoms with Crippen LogP contribution in [0, 0.1) is 6.92 Å². The van der Waals surface area contributed by atoms with Crippen LogP contribution in [0.25, 0.3) is 0 Å². The van der Waals surface area contributed by atoms with Crippen LogP contribution in [-0.2, 0) is 13.5 Å². The number of rotatable bonds is 3. The van der Waals surface area contributed by atoms with E-state index in [0.29, 0.717) is 0 Å². The van der Waals surface area contributed by atoms with Crippen LogP contribution >= 0.6 is 0 Å². The molecule has 0 aliphatic carbocycles. The SMILES string of the molecule is C=C/C=N\c1c(CC)c(C)nn1C.CCC. The molecule has 0 bridgehead atoms. The molecule has 0 saturated heterocycles. The van der Waals surface area contributed by atoms with Crippen molar-refractivity contribution >= 4 is 12.0 Å². The molecule has 0 atom stereocenters. The number of aliphatic imine (C=N–C) groups is 1. The molecule has 3 nitrogen and oxygen atoms in total. The van der Waals surface area contributed by atoms with Gasteiger partial charge in [0.2, 0.25) is 0 Å². The predicted octanol–water partition coefficient (Wildman–Crippen LogP) is 3.60. The molecule has 0 N–H and O–H groups in total. The van der Waals surface area contributed by atoms with E-state index in [-0.39, 0.29) is 0 Å². The molecule has 0 aliphatic heterocycles. The second-order valence-corrected chi connectivity index (χ2v) is 3.59. The molecule has 0 aromatic carbocycles. The monoisotopic (exact) mass is 221 g/mol. The molecule has 0 radical (unpaired) electrons. The molecule has 3 heteroatoms. The summed E-state index contributed by atoms with van der Waals surface area (Å²) in [5.41, 5.74) is 2.27. The van der Waals surface area contributed by atoms with Crippen molar-refractivity contribution in [3.8, 4) is 0 Å². The molecule has 0 unspecified atom stereocenters. The third-order valence-corrected chi connectivity index (χ3v) is 1.97. The highest BCUT2D eigenvalue weighted by Crippen LogP contribution is 2.21. The van der Waals surface area contributed by atoms with Gasteiger partial charge in [-0.3, -0.25) is 4.68 Å². The van der Waals surface area contributed by atoms with Crippen molar-refractivity contribution in [2.75, 3.05) is 0 Å². The fraction of sp³-hybridized carbons (Fsp3) is 0.538. The number of hydrogen-bond donors (Lipinski definition) is 0. The van der Waals surface area contributed by atoms with Crippen LogP contribution in [0.4, 0.5) is 5.82 Å². The minimum atomic E-state index is 0.930. The van der Waals surface area contributed by atoms with Gasteiger partial charge in [0.15, 0.2) is 5.82 Å². The summed E-state index contributed by atoms with van der Waals surface area (Å²) in [6, 6.07) is 0. The maximum Gasteiger partial charge on any atom is 0.153 e. The van der Waals surface area contributed by atoms with Gasteiger partial charge in [0.1, 0.15) is 0 Å². The molecule has 1 aromatic rings. The Balaban J connectivity index is 0.000000673. The van der Waals surface area contributed by atoms with Gasteiger partial charge in [0.05, 0.1) is 5.69 Å². The Morgan fingerprint density at radius 3 is 2.38 bits per heavy atom. The Kier molecular flexibility index (Phi) is 7.18. The number of hydrogen-bond acceptors (Lipinski definition) is 2.